The quantitative estimate of drug-likeness (QED) is 0.725. The molecule has 0 aromatic rings. The van der Waals surface area contributed by atoms with Gasteiger partial charge in [0.1, 0.15) is 0 Å². The van der Waals surface area contributed by atoms with Crippen LogP contribution in [0.5, 0.6) is 0 Å². The lowest BCUT2D eigenvalue weighted by atomic mass is 10.0. The van der Waals surface area contributed by atoms with E-state index < -0.39 is 5.60 Å². The summed E-state index contributed by atoms with van der Waals surface area (Å²) in [7, 11) is 0. The molecule has 0 bridgehead atoms. The molecule has 0 spiro atoms. The van der Waals surface area contributed by atoms with Gasteiger partial charge in [0.2, 0.25) is 0 Å². The topological polar surface area (TPSA) is 41.5 Å². The maximum Gasteiger partial charge on any atom is 0.0869 e. The summed E-state index contributed by atoms with van der Waals surface area (Å²) < 4.78 is 5.50. The highest BCUT2D eigenvalue weighted by Crippen LogP contribution is 2.26. The lowest BCUT2D eigenvalue weighted by Crippen LogP contribution is -2.45. The fraction of sp³-hybridized carbons (Fsp3) is 1.00. The molecule has 0 radical (unpaired) electrons. The van der Waals surface area contributed by atoms with Crippen LogP contribution in [0, 0.1) is 0 Å². The molecule has 0 aliphatic carbocycles. The molecular formula is C11H23NO2S. The molecule has 0 saturated carbocycles. The Morgan fingerprint density at radius 3 is 2.73 bits per heavy atom. The first-order valence-corrected chi connectivity index (χ1v) is 6.82. The van der Waals surface area contributed by atoms with Gasteiger partial charge in [-0.25, -0.2) is 0 Å². The van der Waals surface area contributed by atoms with E-state index in [2.05, 4.69) is 12.2 Å². The van der Waals surface area contributed by atoms with Gasteiger partial charge < -0.3 is 15.2 Å². The van der Waals surface area contributed by atoms with Crippen LogP contribution in [0.25, 0.3) is 0 Å². The SMILES string of the molecule is CC(C)OC[C@H](C)NC[C@@]1(O)CCSC1. The fourth-order valence-corrected chi connectivity index (χ4v) is 2.79. The van der Waals surface area contributed by atoms with Gasteiger partial charge in [-0.3, -0.25) is 0 Å². The number of thioether (sulfide) groups is 1. The van der Waals surface area contributed by atoms with Crippen LogP contribution in [0.4, 0.5) is 0 Å². The standard InChI is InChI=1S/C11H23NO2S/c1-9(2)14-6-10(3)12-7-11(13)4-5-15-8-11/h9-10,12-13H,4-8H2,1-3H3/t10-,11-/m0/s1. The summed E-state index contributed by atoms with van der Waals surface area (Å²) in [6.07, 6.45) is 1.18. The summed E-state index contributed by atoms with van der Waals surface area (Å²) in [5.74, 6) is 1.94. The van der Waals surface area contributed by atoms with E-state index in [1.807, 2.05) is 25.6 Å². The minimum atomic E-state index is -0.489. The second-order valence-electron chi connectivity index (χ2n) is 4.69. The maximum atomic E-state index is 10.1. The highest BCUT2D eigenvalue weighted by atomic mass is 32.2. The predicted octanol–water partition coefficient (Wildman–Crippen LogP) is 1.26. The van der Waals surface area contributed by atoms with Gasteiger partial charge in [-0.15, -0.1) is 0 Å². The van der Waals surface area contributed by atoms with E-state index in [1.165, 1.54) is 0 Å². The highest BCUT2D eigenvalue weighted by Gasteiger charge is 2.31. The molecule has 2 atom stereocenters. The number of nitrogens with one attached hydrogen (secondary N) is 1. The lowest BCUT2D eigenvalue weighted by Gasteiger charge is -2.24. The molecule has 90 valence electrons. The van der Waals surface area contributed by atoms with E-state index in [9.17, 15) is 5.11 Å². The van der Waals surface area contributed by atoms with Crippen molar-refractivity contribution >= 4 is 11.8 Å². The average Bonchev–Trinajstić information content (AvgIpc) is 2.60. The van der Waals surface area contributed by atoms with Crippen molar-refractivity contribution in [2.24, 2.45) is 0 Å². The summed E-state index contributed by atoms with van der Waals surface area (Å²) in [6.45, 7) is 7.55. The van der Waals surface area contributed by atoms with Crippen molar-refractivity contribution in [3.63, 3.8) is 0 Å². The molecular weight excluding hydrogens is 210 g/mol. The van der Waals surface area contributed by atoms with Crippen LogP contribution in [0.3, 0.4) is 0 Å². The third-order valence-electron chi connectivity index (χ3n) is 2.54. The molecule has 15 heavy (non-hydrogen) atoms. The molecule has 1 aliphatic rings. The highest BCUT2D eigenvalue weighted by molar-refractivity contribution is 7.99. The Morgan fingerprint density at radius 2 is 2.20 bits per heavy atom. The summed E-state index contributed by atoms with van der Waals surface area (Å²) in [4.78, 5) is 0. The maximum absolute atomic E-state index is 10.1. The third-order valence-corrected chi connectivity index (χ3v) is 3.78. The molecule has 1 aliphatic heterocycles. The Morgan fingerprint density at radius 1 is 1.47 bits per heavy atom. The molecule has 0 amide bonds. The summed E-state index contributed by atoms with van der Waals surface area (Å²) in [5, 5.41) is 13.4. The first kappa shape index (κ1) is 13.3. The smallest absolute Gasteiger partial charge is 0.0869 e. The normalized spacial score (nSPS) is 28.6. The average molecular weight is 233 g/mol. The lowest BCUT2D eigenvalue weighted by molar-refractivity contribution is 0.0428. The van der Waals surface area contributed by atoms with Gasteiger partial charge in [0.05, 0.1) is 18.3 Å². The molecule has 0 unspecified atom stereocenters. The van der Waals surface area contributed by atoms with E-state index in [4.69, 9.17) is 4.74 Å². The van der Waals surface area contributed by atoms with Gasteiger partial charge in [0.15, 0.2) is 0 Å². The van der Waals surface area contributed by atoms with Gasteiger partial charge in [-0.2, -0.15) is 11.8 Å². The van der Waals surface area contributed by atoms with Crippen molar-refractivity contribution in [2.75, 3.05) is 24.7 Å². The number of ether oxygens (including phenoxy) is 1. The Kier molecular flexibility index (Phi) is 5.39. The number of rotatable bonds is 6. The van der Waals surface area contributed by atoms with Crippen LogP contribution in [0.2, 0.25) is 0 Å². The third kappa shape index (κ3) is 5.20. The van der Waals surface area contributed by atoms with E-state index in [0.29, 0.717) is 19.2 Å². The van der Waals surface area contributed by atoms with E-state index in [-0.39, 0.29) is 6.10 Å². The zero-order chi connectivity index (χ0) is 11.3. The van der Waals surface area contributed by atoms with Crippen molar-refractivity contribution in [1.29, 1.82) is 0 Å². The zero-order valence-electron chi connectivity index (χ0n) is 9.95. The second-order valence-corrected chi connectivity index (χ2v) is 5.80. The molecule has 2 N–H and O–H groups in total. The number of hydrogen-bond acceptors (Lipinski definition) is 4. The zero-order valence-corrected chi connectivity index (χ0v) is 10.8. The second kappa shape index (κ2) is 6.09. The largest absolute Gasteiger partial charge is 0.388 e. The number of aliphatic hydroxyl groups is 1. The van der Waals surface area contributed by atoms with Crippen molar-refractivity contribution in [3.05, 3.63) is 0 Å². The van der Waals surface area contributed by atoms with Gasteiger partial charge >= 0.3 is 0 Å². The monoisotopic (exact) mass is 233 g/mol. The van der Waals surface area contributed by atoms with Crippen LogP contribution < -0.4 is 5.32 Å². The van der Waals surface area contributed by atoms with Gasteiger partial charge in [0, 0.05) is 18.3 Å². The summed E-state index contributed by atoms with van der Waals surface area (Å²) >= 11 is 1.83. The fourth-order valence-electron chi connectivity index (χ4n) is 1.50. The van der Waals surface area contributed by atoms with E-state index >= 15 is 0 Å². The van der Waals surface area contributed by atoms with Gasteiger partial charge in [-0.1, -0.05) is 0 Å². The van der Waals surface area contributed by atoms with Crippen LogP contribution in [0.1, 0.15) is 27.2 Å². The Hall–Kier alpha value is 0.230. The predicted molar refractivity (Wildman–Crippen MR) is 65.4 cm³/mol. The van der Waals surface area contributed by atoms with Crippen molar-refractivity contribution in [1.82, 2.24) is 5.32 Å². The molecule has 3 nitrogen and oxygen atoms in total. The van der Waals surface area contributed by atoms with Crippen molar-refractivity contribution in [3.8, 4) is 0 Å². The van der Waals surface area contributed by atoms with Crippen molar-refractivity contribution < 1.29 is 9.84 Å². The first-order valence-electron chi connectivity index (χ1n) is 5.67. The minimum Gasteiger partial charge on any atom is -0.388 e. The minimum absolute atomic E-state index is 0.277. The van der Waals surface area contributed by atoms with Gasteiger partial charge in [-0.05, 0) is 32.9 Å². The summed E-state index contributed by atoms with van der Waals surface area (Å²) in [5.41, 5.74) is -0.489. The van der Waals surface area contributed by atoms with Crippen LogP contribution in [-0.2, 0) is 4.74 Å². The first-order chi connectivity index (χ1) is 7.02. The molecule has 1 saturated heterocycles. The molecule has 0 aromatic heterocycles. The van der Waals surface area contributed by atoms with E-state index in [0.717, 1.165) is 17.9 Å². The van der Waals surface area contributed by atoms with Crippen LogP contribution >= 0.6 is 11.8 Å². The molecule has 4 heteroatoms. The van der Waals surface area contributed by atoms with Crippen LogP contribution in [-0.4, -0.2) is 47.5 Å². The van der Waals surface area contributed by atoms with Gasteiger partial charge in [0.25, 0.3) is 0 Å². The Balaban J connectivity index is 2.13. The Labute approximate surface area is 97.0 Å². The van der Waals surface area contributed by atoms with E-state index in [1.54, 1.807) is 0 Å². The van der Waals surface area contributed by atoms with Crippen LogP contribution in [0.15, 0.2) is 0 Å². The van der Waals surface area contributed by atoms with Crippen molar-refractivity contribution in [2.45, 2.75) is 44.9 Å². The molecule has 1 rings (SSSR count). The molecule has 1 heterocycles. The molecule has 1 fully saturated rings. The summed E-state index contributed by atoms with van der Waals surface area (Å²) in [6, 6.07) is 0.307. The Bertz CT molecular complexity index is 181. The molecule has 0 aromatic carbocycles. The number of hydrogen-bond donors (Lipinski definition) is 2.